The molecule has 2 atom stereocenters. The van der Waals surface area contributed by atoms with E-state index in [0.29, 0.717) is 29.8 Å². The number of fused-ring (bicyclic) bond motifs is 1. The van der Waals surface area contributed by atoms with E-state index in [9.17, 15) is 18.7 Å². The van der Waals surface area contributed by atoms with Gasteiger partial charge >= 0.3 is 0 Å². The summed E-state index contributed by atoms with van der Waals surface area (Å²) in [5, 5.41) is 12.9. The van der Waals surface area contributed by atoms with Crippen molar-refractivity contribution in [2.45, 2.75) is 55.4 Å². The number of halogens is 3. The van der Waals surface area contributed by atoms with E-state index in [1.165, 1.54) is 0 Å². The van der Waals surface area contributed by atoms with Gasteiger partial charge in [0.1, 0.15) is 28.9 Å². The number of nitrogens with zero attached hydrogens (tertiary/aromatic N) is 1. The molecule has 1 saturated carbocycles. The number of alkyl halides is 1. The molecule has 2 aromatic rings. The van der Waals surface area contributed by atoms with Crippen LogP contribution in [0.4, 0.5) is 8.78 Å². The van der Waals surface area contributed by atoms with Gasteiger partial charge in [0.2, 0.25) is 0 Å². The highest BCUT2D eigenvalue weighted by Gasteiger charge is 2.25. The van der Waals surface area contributed by atoms with E-state index in [0.717, 1.165) is 38.3 Å². The summed E-state index contributed by atoms with van der Waals surface area (Å²) in [6.45, 7) is 1.20. The van der Waals surface area contributed by atoms with Gasteiger partial charge in [0.05, 0.1) is 24.0 Å². The van der Waals surface area contributed by atoms with E-state index >= 15 is 0 Å². The minimum absolute atomic E-state index is 0. The van der Waals surface area contributed by atoms with Crippen molar-refractivity contribution in [3.63, 3.8) is 0 Å². The van der Waals surface area contributed by atoms with Gasteiger partial charge in [0, 0.05) is 29.8 Å². The molecule has 0 radical (unpaired) electrons. The van der Waals surface area contributed by atoms with Crippen molar-refractivity contribution in [1.29, 1.82) is 0 Å². The van der Waals surface area contributed by atoms with Crippen LogP contribution in [0.2, 0.25) is 0 Å². The minimum Gasteiger partial charge on any atom is -0.493 e. The Kier molecular flexibility index (Phi) is 8.55. The number of ether oxygens (including phenoxy) is 1. The highest BCUT2D eigenvalue weighted by Crippen LogP contribution is 2.30. The molecule has 0 spiro atoms. The van der Waals surface area contributed by atoms with Crippen molar-refractivity contribution >= 4 is 35.1 Å². The maximum Gasteiger partial charge on any atom is 0.261 e. The molecule has 1 aromatic heterocycles. The van der Waals surface area contributed by atoms with Crippen LogP contribution in [0.15, 0.2) is 16.9 Å². The van der Waals surface area contributed by atoms with Gasteiger partial charge in [-0.15, -0.1) is 12.4 Å². The summed E-state index contributed by atoms with van der Waals surface area (Å²) in [5.41, 5.74) is -0.272. The number of rotatable bonds is 6. The number of aromatic nitrogens is 2. The highest BCUT2D eigenvalue weighted by molar-refractivity contribution is 7.99. The molecule has 2 aliphatic rings. The van der Waals surface area contributed by atoms with E-state index in [1.807, 2.05) is 0 Å². The van der Waals surface area contributed by atoms with Crippen molar-refractivity contribution in [3.05, 3.63) is 34.1 Å². The quantitative estimate of drug-likeness (QED) is 0.594. The van der Waals surface area contributed by atoms with Crippen LogP contribution in [-0.2, 0) is 5.75 Å². The Morgan fingerprint density at radius 2 is 2.00 bits per heavy atom. The lowest BCUT2D eigenvalue weighted by atomic mass is 9.97. The number of nitrogens with one attached hydrogen (secondary N) is 2. The maximum atomic E-state index is 14.5. The third-order valence-electron chi connectivity index (χ3n) is 5.89. The van der Waals surface area contributed by atoms with E-state index in [4.69, 9.17) is 4.74 Å². The third-order valence-corrected chi connectivity index (χ3v) is 7.27. The van der Waals surface area contributed by atoms with Gasteiger partial charge in [-0.05, 0) is 38.6 Å². The minimum atomic E-state index is -0.991. The predicted molar refractivity (Wildman–Crippen MR) is 120 cm³/mol. The molecule has 3 N–H and O–H groups in total. The molecule has 0 unspecified atom stereocenters. The SMILES string of the molecule is Cl.O=c1[nH]c(CSC2CCC(O)CC2)nc2cc(OC[C@H]3CCNC[C@@H]3F)cc(F)c12. The zero-order valence-corrected chi connectivity index (χ0v) is 18.7. The maximum absolute atomic E-state index is 14.5. The number of aliphatic hydroxyl groups excluding tert-OH is 1. The average molecular weight is 476 g/mol. The first kappa shape index (κ1) is 24.2. The predicted octanol–water partition coefficient (Wildman–Crippen LogP) is 3.35. The molecule has 4 rings (SSSR count). The fourth-order valence-corrected chi connectivity index (χ4v) is 5.21. The Balaban J connectivity index is 0.00000272. The van der Waals surface area contributed by atoms with Gasteiger partial charge in [-0.2, -0.15) is 11.8 Å². The monoisotopic (exact) mass is 475 g/mol. The number of aromatic amines is 1. The molecule has 0 amide bonds. The molecule has 2 fully saturated rings. The zero-order valence-electron chi connectivity index (χ0n) is 17.1. The summed E-state index contributed by atoms with van der Waals surface area (Å²) in [5.74, 6) is 0.319. The summed E-state index contributed by atoms with van der Waals surface area (Å²) in [6.07, 6.45) is 2.91. The molecular weight excluding hydrogens is 448 g/mol. The molecule has 172 valence electrons. The van der Waals surface area contributed by atoms with Crippen molar-refractivity contribution in [1.82, 2.24) is 15.3 Å². The molecule has 2 heterocycles. The number of aliphatic hydroxyl groups is 1. The lowest BCUT2D eigenvalue weighted by Crippen LogP contribution is -2.40. The van der Waals surface area contributed by atoms with Crippen LogP contribution in [0.25, 0.3) is 10.9 Å². The van der Waals surface area contributed by atoms with Crippen LogP contribution in [0.1, 0.15) is 37.9 Å². The van der Waals surface area contributed by atoms with Gasteiger partial charge in [-0.25, -0.2) is 13.8 Å². The van der Waals surface area contributed by atoms with Crippen molar-refractivity contribution in [3.8, 4) is 5.75 Å². The van der Waals surface area contributed by atoms with Gasteiger partial charge in [-0.3, -0.25) is 4.79 Å². The Morgan fingerprint density at radius 1 is 1.23 bits per heavy atom. The van der Waals surface area contributed by atoms with Crippen LogP contribution in [0.5, 0.6) is 5.75 Å². The molecule has 1 aliphatic heterocycles. The normalized spacial score (nSPS) is 26.4. The smallest absolute Gasteiger partial charge is 0.261 e. The van der Waals surface area contributed by atoms with Crippen LogP contribution in [0, 0.1) is 11.7 Å². The van der Waals surface area contributed by atoms with Crippen molar-refractivity contribution in [2.24, 2.45) is 5.92 Å². The van der Waals surface area contributed by atoms with E-state index in [2.05, 4.69) is 15.3 Å². The topological polar surface area (TPSA) is 87.2 Å². The molecular formula is C21H28ClF2N3O3S. The number of thioether (sulfide) groups is 1. The molecule has 1 saturated heterocycles. The summed E-state index contributed by atoms with van der Waals surface area (Å²) in [7, 11) is 0. The van der Waals surface area contributed by atoms with E-state index in [1.54, 1.807) is 17.8 Å². The van der Waals surface area contributed by atoms with Gasteiger partial charge < -0.3 is 20.1 Å². The molecule has 1 aliphatic carbocycles. The van der Waals surface area contributed by atoms with Crippen LogP contribution >= 0.6 is 24.2 Å². The fourth-order valence-electron chi connectivity index (χ4n) is 4.07. The second-order valence-electron chi connectivity index (χ2n) is 8.13. The summed E-state index contributed by atoms with van der Waals surface area (Å²) in [4.78, 5) is 19.5. The molecule has 1 aromatic carbocycles. The first-order valence-electron chi connectivity index (χ1n) is 10.5. The molecule has 31 heavy (non-hydrogen) atoms. The molecule has 10 heteroatoms. The molecule has 6 nitrogen and oxygen atoms in total. The standard InChI is InChI=1S/C21H27F2N3O3S.ClH/c22-16-7-14(29-10-12-5-6-24-9-17(12)23)8-18-20(16)21(28)26-19(25-18)11-30-15-3-1-13(27)2-4-15;/h7-8,12-13,15,17,24,27H,1-6,9-11H2,(H,25,26,28);1H/t12-,13?,15?,17+;/m1./s1. The highest BCUT2D eigenvalue weighted by atomic mass is 35.5. The second-order valence-corrected chi connectivity index (χ2v) is 9.42. The van der Waals surface area contributed by atoms with Gasteiger partial charge in [0.15, 0.2) is 0 Å². The van der Waals surface area contributed by atoms with Crippen molar-refractivity contribution in [2.75, 3.05) is 19.7 Å². The largest absolute Gasteiger partial charge is 0.493 e. The number of piperidine rings is 1. The number of H-pyrrole nitrogens is 1. The van der Waals surface area contributed by atoms with Crippen molar-refractivity contribution < 1.29 is 18.6 Å². The number of benzene rings is 1. The van der Waals surface area contributed by atoms with E-state index in [-0.39, 0.29) is 47.7 Å². The number of hydrogen-bond acceptors (Lipinski definition) is 6. The first-order valence-corrected chi connectivity index (χ1v) is 11.5. The average Bonchev–Trinajstić information content (AvgIpc) is 2.72. The Morgan fingerprint density at radius 3 is 2.74 bits per heavy atom. The fraction of sp³-hybridized carbons (Fsp3) is 0.619. The van der Waals surface area contributed by atoms with Gasteiger partial charge in [0.25, 0.3) is 5.56 Å². The summed E-state index contributed by atoms with van der Waals surface area (Å²) in [6, 6.07) is 2.71. The van der Waals surface area contributed by atoms with Gasteiger partial charge in [-0.1, -0.05) is 0 Å². The third kappa shape index (κ3) is 6.09. The summed E-state index contributed by atoms with van der Waals surface area (Å²) < 4.78 is 34.2. The lowest BCUT2D eigenvalue weighted by molar-refractivity contribution is 0.122. The van der Waals surface area contributed by atoms with Crippen LogP contribution in [0.3, 0.4) is 0 Å². The Hall–Kier alpha value is -1.42. The number of hydrogen-bond donors (Lipinski definition) is 3. The Labute approximate surface area is 190 Å². The van der Waals surface area contributed by atoms with Crippen LogP contribution < -0.4 is 15.6 Å². The zero-order chi connectivity index (χ0) is 21.1. The first-order chi connectivity index (χ1) is 14.5. The summed E-state index contributed by atoms with van der Waals surface area (Å²) >= 11 is 1.69. The molecule has 0 bridgehead atoms. The Bertz CT molecular complexity index is 940. The van der Waals surface area contributed by atoms with E-state index < -0.39 is 17.5 Å². The van der Waals surface area contributed by atoms with Crippen LogP contribution in [-0.4, -0.2) is 52.3 Å². The lowest BCUT2D eigenvalue weighted by Gasteiger charge is -2.26. The second kappa shape index (κ2) is 10.9.